The number of methoxy groups -OCH3 is 2. The second-order valence-electron chi connectivity index (χ2n) is 5.39. The van der Waals surface area contributed by atoms with Crippen LogP contribution in [-0.4, -0.2) is 64.2 Å². The van der Waals surface area contributed by atoms with E-state index < -0.39 is 11.8 Å². The number of hydrogen-bond acceptors (Lipinski definition) is 4. The molecule has 1 heterocycles. The highest BCUT2D eigenvalue weighted by Crippen LogP contribution is 2.35. The van der Waals surface area contributed by atoms with Crippen molar-refractivity contribution >= 4 is 29.1 Å². The van der Waals surface area contributed by atoms with E-state index in [0.717, 1.165) is 13.1 Å². The van der Waals surface area contributed by atoms with Crippen molar-refractivity contribution in [2.75, 3.05) is 52.8 Å². The van der Waals surface area contributed by atoms with Gasteiger partial charge in [-0.05, 0) is 0 Å². The zero-order valence-corrected chi connectivity index (χ0v) is 14.2. The number of ether oxygens (including phenoxy) is 2. The molecule has 0 bridgehead atoms. The fourth-order valence-corrected chi connectivity index (χ4v) is 2.60. The second kappa shape index (κ2) is 7.52. The molecule has 2 N–H and O–H groups in total. The van der Waals surface area contributed by atoms with E-state index in [1.165, 1.54) is 31.3 Å². The number of nitrogens with zero attached hydrogens (tertiary/aromatic N) is 1. The molecule has 0 aliphatic carbocycles. The molecule has 2 rings (SSSR count). The van der Waals surface area contributed by atoms with E-state index in [2.05, 4.69) is 12.4 Å². The molecule has 8 heteroatoms. The monoisotopic (exact) mass is 342 g/mol. The summed E-state index contributed by atoms with van der Waals surface area (Å²) in [6, 6.07) is 3.06. The van der Waals surface area contributed by atoms with E-state index in [0.29, 0.717) is 35.3 Å². The third-order valence-corrected chi connectivity index (χ3v) is 4.12. The van der Waals surface area contributed by atoms with Gasteiger partial charge >= 0.3 is 11.8 Å². The first kappa shape index (κ1) is 17.4. The van der Waals surface area contributed by atoms with Gasteiger partial charge in [0, 0.05) is 12.1 Å². The maximum absolute atomic E-state index is 12.2. The number of amides is 2. The maximum Gasteiger partial charge on any atom is 0.314 e. The van der Waals surface area contributed by atoms with Crippen LogP contribution in [0.2, 0.25) is 5.02 Å². The third kappa shape index (κ3) is 4.05. The van der Waals surface area contributed by atoms with Crippen LogP contribution < -0.4 is 19.7 Å². The molecule has 1 aliphatic rings. The molecule has 126 valence electrons. The number of quaternary nitrogens is 1. The molecule has 0 spiro atoms. The maximum atomic E-state index is 12.2. The zero-order valence-electron chi connectivity index (χ0n) is 13.4. The van der Waals surface area contributed by atoms with Crippen molar-refractivity contribution in [1.29, 1.82) is 0 Å². The van der Waals surface area contributed by atoms with Crippen molar-refractivity contribution in [3.63, 3.8) is 0 Å². The van der Waals surface area contributed by atoms with Crippen LogP contribution in [0.5, 0.6) is 11.5 Å². The summed E-state index contributed by atoms with van der Waals surface area (Å²) in [4.78, 5) is 27.3. The lowest BCUT2D eigenvalue weighted by molar-refractivity contribution is -0.883. The Labute approximate surface area is 140 Å². The molecule has 2 amide bonds. The lowest BCUT2D eigenvalue weighted by atomic mass is 10.2. The van der Waals surface area contributed by atoms with Crippen LogP contribution in [0.25, 0.3) is 0 Å². The summed E-state index contributed by atoms with van der Waals surface area (Å²) in [5.41, 5.74) is 0.340. The van der Waals surface area contributed by atoms with Gasteiger partial charge in [-0.15, -0.1) is 0 Å². The predicted molar refractivity (Wildman–Crippen MR) is 86.4 cm³/mol. The van der Waals surface area contributed by atoms with Crippen LogP contribution in [0.15, 0.2) is 12.1 Å². The van der Waals surface area contributed by atoms with Gasteiger partial charge in [0.1, 0.15) is 11.5 Å². The third-order valence-electron chi connectivity index (χ3n) is 3.82. The van der Waals surface area contributed by atoms with E-state index in [-0.39, 0.29) is 0 Å². The minimum atomic E-state index is -0.702. The number of carbonyl (C=O) groups excluding carboxylic acids is 2. The van der Waals surface area contributed by atoms with E-state index in [1.54, 1.807) is 4.90 Å². The van der Waals surface area contributed by atoms with Gasteiger partial charge in [0.2, 0.25) is 0 Å². The summed E-state index contributed by atoms with van der Waals surface area (Å²) in [5, 5.41) is 2.93. The van der Waals surface area contributed by atoms with Crippen LogP contribution in [-0.2, 0) is 9.59 Å². The fraction of sp³-hybridized carbons (Fsp3) is 0.467. The Balaban J connectivity index is 2.11. The SMILES string of the molecule is COc1cc(NC(=O)C(=O)N2CC[NH+](C)CC2)c(OC)cc1Cl. The Morgan fingerprint density at radius 1 is 1.17 bits per heavy atom. The number of likely N-dealkylation sites (N-methyl/N-ethyl adjacent to an activating group) is 1. The summed E-state index contributed by atoms with van der Waals surface area (Å²) in [6.07, 6.45) is 0. The standard InChI is InChI=1S/C15H20ClN3O4/c1-18-4-6-19(7-5-18)15(21)14(20)17-11-9-12(22-2)10(16)8-13(11)23-3/h8-9H,4-7H2,1-3H3,(H,17,20)/p+1. The lowest BCUT2D eigenvalue weighted by Gasteiger charge is -2.29. The average molecular weight is 343 g/mol. The van der Waals surface area contributed by atoms with Crippen molar-refractivity contribution < 1.29 is 24.0 Å². The number of benzene rings is 1. The van der Waals surface area contributed by atoms with Crippen molar-refractivity contribution in [3.05, 3.63) is 17.2 Å². The number of hydrogen-bond donors (Lipinski definition) is 2. The number of halogens is 1. The highest BCUT2D eigenvalue weighted by atomic mass is 35.5. The Morgan fingerprint density at radius 2 is 1.78 bits per heavy atom. The molecule has 0 unspecified atom stereocenters. The molecule has 1 aliphatic heterocycles. The minimum Gasteiger partial charge on any atom is -0.495 e. The molecule has 1 saturated heterocycles. The summed E-state index contributed by atoms with van der Waals surface area (Å²) in [7, 11) is 4.99. The topological polar surface area (TPSA) is 72.3 Å². The Bertz CT molecular complexity index is 601. The largest absolute Gasteiger partial charge is 0.495 e. The zero-order chi connectivity index (χ0) is 17.0. The average Bonchev–Trinajstić information content (AvgIpc) is 2.55. The number of rotatable bonds is 3. The molecule has 7 nitrogen and oxygen atoms in total. The molecule has 0 atom stereocenters. The molecular weight excluding hydrogens is 322 g/mol. The molecule has 0 aromatic heterocycles. The van der Waals surface area contributed by atoms with E-state index in [4.69, 9.17) is 21.1 Å². The summed E-state index contributed by atoms with van der Waals surface area (Å²) in [5.74, 6) is -0.501. The molecule has 0 saturated carbocycles. The first-order valence-electron chi connectivity index (χ1n) is 7.29. The van der Waals surface area contributed by atoms with Crippen molar-refractivity contribution in [2.24, 2.45) is 0 Å². The Hall–Kier alpha value is -1.99. The second-order valence-corrected chi connectivity index (χ2v) is 5.80. The number of carbonyl (C=O) groups is 2. The number of anilines is 1. The molecule has 1 fully saturated rings. The van der Waals surface area contributed by atoms with Gasteiger partial charge in [0.25, 0.3) is 0 Å². The van der Waals surface area contributed by atoms with Crippen LogP contribution in [0.3, 0.4) is 0 Å². The van der Waals surface area contributed by atoms with Crippen LogP contribution in [0, 0.1) is 0 Å². The van der Waals surface area contributed by atoms with E-state index in [1.807, 2.05) is 0 Å². The number of nitrogens with one attached hydrogen (secondary N) is 2. The van der Waals surface area contributed by atoms with Crippen molar-refractivity contribution in [1.82, 2.24) is 4.90 Å². The first-order chi connectivity index (χ1) is 11.0. The van der Waals surface area contributed by atoms with Gasteiger partial charge in [-0.1, -0.05) is 11.6 Å². The van der Waals surface area contributed by atoms with Gasteiger partial charge in [-0.25, -0.2) is 0 Å². The summed E-state index contributed by atoms with van der Waals surface area (Å²) >= 11 is 6.02. The first-order valence-corrected chi connectivity index (χ1v) is 7.67. The highest BCUT2D eigenvalue weighted by molar-refractivity contribution is 6.40. The van der Waals surface area contributed by atoms with Crippen molar-refractivity contribution in [3.8, 4) is 11.5 Å². The van der Waals surface area contributed by atoms with Crippen LogP contribution in [0.1, 0.15) is 0 Å². The molecule has 1 aromatic carbocycles. The quantitative estimate of drug-likeness (QED) is 0.737. The lowest BCUT2D eigenvalue weighted by Crippen LogP contribution is -3.12. The minimum absolute atomic E-state index is 0.340. The summed E-state index contributed by atoms with van der Waals surface area (Å²) in [6.45, 7) is 2.80. The summed E-state index contributed by atoms with van der Waals surface area (Å²) < 4.78 is 10.3. The van der Waals surface area contributed by atoms with E-state index in [9.17, 15) is 9.59 Å². The predicted octanol–water partition coefficient (Wildman–Crippen LogP) is -0.347. The Kier molecular flexibility index (Phi) is 5.68. The van der Waals surface area contributed by atoms with Gasteiger partial charge in [0.05, 0.1) is 58.2 Å². The van der Waals surface area contributed by atoms with Gasteiger partial charge in [-0.3, -0.25) is 9.59 Å². The Morgan fingerprint density at radius 3 is 2.35 bits per heavy atom. The number of piperazine rings is 1. The van der Waals surface area contributed by atoms with Gasteiger partial charge < -0.3 is 24.6 Å². The van der Waals surface area contributed by atoms with Gasteiger partial charge in [-0.2, -0.15) is 0 Å². The highest BCUT2D eigenvalue weighted by Gasteiger charge is 2.27. The van der Waals surface area contributed by atoms with Crippen molar-refractivity contribution in [2.45, 2.75) is 0 Å². The van der Waals surface area contributed by atoms with Crippen LogP contribution in [0.4, 0.5) is 5.69 Å². The molecule has 1 aromatic rings. The normalized spacial score (nSPS) is 15.2. The van der Waals surface area contributed by atoms with Gasteiger partial charge in [0.15, 0.2) is 0 Å². The smallest absolute Gasteiger partial charge is 0.314 e. The van der Waals surface area contributed by atoms with E-state index >= 15 is 0 Å². The van der Waals surface area contributed by atoms with Crippen LogP contribution >= 0.6 is 11.6 Å². The molecule has 0 radical (unpaired) electrons. The molecular formula is C15H21ClN3O4+. The fourth-order valence-electron chi connectivity index (χ4n) is 2.37. The molecule has 23 heavy (non-hydrogen) atoms.